The van der Waals surface area contributed by atoms with Crippen LogP contribution in [0.4, 0.5) is 0 Å². The first kappa shape index (κ1) is 22.1. The van der Waals surface area contributed by atoms with Crippen LogP contribution in [0.15, 0.2) is 59.4 Å². The summed E-state index contributed by atoms with van der Waals surface area (Å²) in [6.45, 7) is 2.39. The Morgan fingerprint density at radius 3 is 2.35 bits per heavy atom. The monoisotopic (exact) mass is 421 g/mol. The van der Waals surface area contributed by atoms with Gasteiger partial charge in [0.05, 0.1) is 19.9 Å². The number of hydrogen-bond donors (Lipinski definition) is 1. The number of rotatable bonds is 9. The molecule has 162 valence electrons. The van der Waals surface area contributed by atoms with E-state index in [2.05, 4.69) is 17.3 Å². The first-order chi connectivity index (χ1) is 15.0. The fraction of sp³-hybridized carbons (Fsp3) is 0.292. The van der Waals surface area contributed by atoms with Crippen LogP contribution in [0, 0.1) is 0 Å². The second-order valence-corrected chi connectivity index (χ2v) is 7.05. The molecule has 0 unspecified atom stereocenters. The summed E-state index contributed by atoms with van der Waals surface area (Å²) in [5, 5.41) is 7.20. The standard InChI is InChI=1S/C24H27N3O4/c1-4-17-5-8-19(9-6-17)20-10-12-24(29)27(26-20)16-23(28)25-14-13-18-7-11-21(30-2)22(15-18)31-3/h5-12,15H,4,13-14,16H2,1-3H3,(H,25,28). The van der Waals surface area contributed by atoms with E-state index in [-0.39, 0.29) is 18.0 Å². The van der Waals surface area contributed by atoms with Gasteiger partial charge >= 0.3 is 0 Å². The number of carbonyl (C=O) groups is 1. The van der Waals surface area contributed by atoms with Crippen molar-refractivity contribution >= 4 is 5.91 Å². The molecule has 31 heavy (non-hydrogen) atoms. The molecule has 1 heterocycles. The van der Waals surface area contributed by atoms with Crippen LogP contribution in [0.5, 0.6) is 11.5 Å². The molecule has 0 saturated carbocycles. The topological polar surface area (TPSA) is 82.5 Å². The van der Waals surface area contributed by atoms with E-state index >= 15 is 0 Å². The minimum absolute atomic E-state index is 0.133. The third kappa shape index (κ3) is 5.72. The Bertz CT molecular complexity index is 1090. The van der Waals surface area contributed by atoms with Crippen molar-refractivity contribution in [2.75, 3.05) is 20.8 Å². The number of aryl methyl sites for hydroxylation is 1. The number of amides is 1. The number of ether oxygens (including phenoxy) is 2. The highest BCUT2D eigenvalue weighted by Gasteiger charge is 2.09. The fourth-order valence-electron chi connectivity index (χ4n) is 3.20. The Labute approximate surface area is 181 Å². The lowest BCUT2D eigenvalue weighted by Gasteiger charge is -2.11. The molecular formula is C24H27N3O4. The highest BCUT2D eigenvalue weighted by molar-refractivity contribution is 5.75. The summed E-state index contributed by atoms with van der Waals surface area (Å²) < 4.78 is 11.7. The van der Waals surface area contributed by atoms with Crippen molar-refractivity contribution in [3.63, 3.8) is 0 Å². The summed E-state index contributed by atoms with van der Waals surface area (Å²) in [6.07, 6.45) is 1.58. The molecule has 0 fully saturated rings. The minimum Gasteiger partial charge on any atom is -0.493 e. The molecule has 7 heteroatoms. The molecule has 0 spiro atoms. The van der Waals surface area contributed by atoms with Crippen LogP contribution in [0.3, 0.4) is 0 Å². The summed E-state index contributed by atoms with van der Waals surface area (Å²) in [5.41, 5.74) is 3.47. The van der Waals surface area contributed by atoms with Gasteiger partial charge in [0.1, 0.15) is 6.54 Å². The molecule has 3 aromatic rings. The lowest BCUT2D eigenvalue weighted by atomic mass is 10.1. The quantitative estimate of drug-likeness (QED) is 0.575. The van der Waals surface area contributed by atoms with E-state index in [0.717, 1.165) is 17.5 Å². The van der Waals surface area contributed by atoms with Gasteiger partial charge in [-0.1, -0.05) is 37.3 Å². The summed E-state index contributed by atoms with van der Waals surface area (Å²) in [4.78, 5) is 24.5. The van der Waals surface area contributed by atoms with E-state index in [9.17, 15) is 9.59 Å². The van der Waals surface area contributed by atoms with Gasteiger partial charge in [-0.3, -0.25) is 9.59 Å². The maximum Gasteiger partial charge on any atom is 0.267 e. The van der Waals surface area contributed by atoms with Crippen molar-refractivity contribution in [3.8, 4) is 22.8 Å². The molecule has 7 nitrogen and oxygen atoms in total. The second kappa shape index (κ2) is 10.4. The van der Waals surface area contributed by atoms with Gasteiger partial charge in [0.2, 0.25) is 5.91 Å². The van der Waals surface area contributed by atoms with Gasteiger partial charge < -0.3 is 14.8 Å². The number of carbonyl (C=O) groups excluding carboxylic acids is 1. The number of methoxy groups -OCH3 is 2. The van der Waals surface area contributed by atoms with Gasteiger partial charge in [0, 0.05) is 18.2 Å². The predicted octanol–water partition coefficient (Wildman–Crippen LogP) is 2.85. The van der Waals surface area contributed by atoms with Crippen LogP contribution < -0.4 is 20.3 Å². The third-order valence-electron chi connectivity index (χ3n) is 5.00. The van der Waals surface area contributed by atoms with Gasteiger partial charge in [-0.2, -0.15) is 5.10 Å². The Morgan fingerprint density at radius 2 is 1.68 bits per heavy atom. The molecule has 1 amide bonds. The Morgan fingerprint density at radius 1 is 0.968 bits per heavy atom. The average Bonchev–Trinajstić information content (AvgIpc) is 2.80. The second-order valence-electron chi connectivity index (χ2n) is 7.05. The molecule has 0 radical (unpaired) electrons. The summed E-state index contributed by atoms with van der Waals surface area (Å²) in [6, 6.07) is 16.8. The minimum atomic E-state index is -0.316. The van der Waals surface area contributed by atoms with Gasteiger partial charge in [0.25, 0.3) is 5.56 Å². The third-order valence-corrected chi connectivity index (χ3v) is 5.00. The van der Waals surface area contributed by atoms with Crippen molar-refractivity contribution in [1.29, 1.82) is 0 Å². The molecule has 0 atom stereocenters. The molecule has 0 bridgehead atoms. The van der Waals surface area contributed by atoms with Crippen molar-refractivity contribution in [2.24, 2.45) is 0 Å². The van der Waals surface area contributed by atoms with Crippen LogP contribution in [0.1, 0.15) is 18.1 Å². The highest BCUT2D eigenvalue weighted by Crippen LogP contribution is 2.27. The lowest BCUT2D eigenvalue weighted by Crippen LogP contribution is -2.34. The SMILES string of the molecule is CCc1ccc(-c2ccc(=O)n(CC(=O)NCCc3ccc(OC)c(OC)c3)n2)cc1. The molecular weight excluding hydrogens is 394 g/mol. The number of nitrogens with one attached hydrogen (secondary N) is 1. The first-order valence-corrected chi connectivity index (χ1v) is 10.2. The molecule has 1 aromatic heterocycles. The number of nitrogens with zero attached hydrogens (tertiary/aromatic N) is 2. The Balaban J connectivity index is 1.60. The summed E-state index contributed by atoms with van der Waals surface area (Å²) in [5.74, 6) is 1.03. The Hall–Kier alpha value is -3.61. The first-order valence-electron chi connectivity index (χ1n) is 10.2. The average molecular weight is 421 g/mol. The van der Waals surface area contributed by atoms with Crippen molar-refractivity contribution in [1.82, 2.24) is 15.1 Å². The zero-order chi connectivity index (χ0) is 22.2. The van der Waals surface area contributed by atoms with Gasteiger partial charge in [0.15, 0.2) is 11.5 Å². The molecule has 0 aliphatic carbocycles. The number of benzene rings is 2. The van der Waals surface area contributed by atoms with Crippen LogP contribution in [-0.4, -0.2) is 36.5 Å². The number of aromatic nitrogens is 2. The lowest BCUT2D eigenvalue weighted by molar-refractivity contribution is -0.121. The van der Waals surface area contributed by atoms with Gasteiger partial charge in [-0.05, 0) is 42.2 Å². The summed E-state index contributed by atoms with van der Waals surface area (Å²) in [7, 11) is 3.17. The van der Waals surface area contributed by atoms with E-state index in [0.29, 0.717) is 30.2 Å². The molecule has 1 N–H and O–H groups in total. The van der Waals surface area contributed by atoms with Gasteiger partial charge in [-0.25, -0.2) is 4.68 Å². The van der Waals surface area contributed by atoms with Crippen LogP contribution >= 0.6 is 0 Å². The van der Waals surface area contributed by atoms with Crippen LogP contribution in [-0.2, 0) is 24.2 Å². The summed E-state index contributed by atoms with van der Waals surface area (Å²) >= 11 is 0. The van der Waals surface area contributed by atoms with E-state index in [1.807, 2.05) is 42.5 Å². The largest absolute Gasteiger partial charge is 0.493 e. The zero-order valence-corrected chi connectivity index (χ0v) is 18.1. The van der Waals surface area contributed by atoms with Crippen LogP contribution in [0.2, 0.25) is 0 Å². The smallest absolute Gasteiger partial charge is 0.267 e. The van der Waals surface area contributed by atoms with E-state index < -0.39 is 0 Å². The van der Waals surface area contributed by atoms with Crippen molar-refractivity contribution in [3.05, 3.63) is 76.1 Å². The highest BCUT2D eigenvalue weighted by atomic mass is 16.5. The zero-order valence-electron chi connectivity index (χ0n) is 18.1. The maximum atomic E-state index is 12.4. The number of hydrogen-bond acceptors (Lipinski definition) is 5. The van der Waals surface area contributed by atoms with Crippen LogP contribution in [0.25, 0.3) is 11.3 Å². The predicted molar refractivity (Wildman–Crippen MR) is 120 cm³/mol. The Kier molecular flexibility index (Phi) is 7.43. The van der Waals surface area contributed by atoms with E-state index in [1.54, 1.807) is 20.3 Å². The molecule has 0 saturated heterocycles. The van der Waals surface area contributed by atoms with Crippen molar-refractivity contribution < 1.29 is 14.3 Å². The maximum absolute atomic E-state index is 12.4. The molecule has 3 rings (SSSR count). The van der Waals surface area contributed by atoms with E-state index in [1.165, 1.54) is 16.3 Å². The molecule has 0 aliphatic rings. The fourth-order valence-corrected chi connectivity index (χ4v) is 3.20. The normalized spacial score (nSPS) is 10.5. The molecule has 0 aliphatic heterocycles. The van der Waals surface area contributed by atoms with Gasteiger partial charge in [-0.15, -0.1) is 0 Å². The van der Waals surface area contributed by atoms with Crippen molar-refractivity contribution in [2.45, 2.75) is 26.3 Å². The van der Waals surface area contributed by atoms with E-state index in [4.69, 9.17) is 9.47 Å². The molecule has 2 aromatic carbocycles.